The molecule has 1 aromatic heterocycles. The minimum absolute atomic E-state index is 0.0934. The molecular weight excluding hydrogens is 234 g/mol. The van der Waals surface area contributed by atoms with Crippen molar-refractivity contribution in [3.8, 4) is 6.07 Å². The first-order chi connectivity index (χ1) is 8.10. The molecule has 1 rings (SSSR count). The lowest BCUT2D eigenvalue weighted by molar-refractivity contribution is 0.288. The average Bonchev–Trinajstić information content (AvgIpc) is 2.29. The van der Waals surface area contributed by atoms with Crippen molar-refractivity contribution in [2.24, 2.45) is 0 Å². The summed E-state index contributed by atoms with van der Waals surface area (Å²) >= 11 is 1.61. The van der Waals surface area contributed by atoms with E-state index in [-0.39, 0.29) is 17.9 Å². The lowest BCUT2D eigenvalue weighted by atomic mass is 10.2. The Morgan fingerprint density at radius 3 is 2.82 bits per heavy atom. The largest absolute Gasteiger partial charge is 0.395 e. The van der Waals surface area contributed by atoms with Crippen molar-refractivity contribution in [1.82, 2.24) is 4.98 Å². The Kier molecular flexibility index (Phi) is 5.26. The summed E-state index contributed by atoms with van der Waals surface area (Å²) in [6, 6.07) is 5.66. The molecule has 0 bridgehead atoms. The van der Waals surface area contributed by atoms with Crippen molar-refractivity contribution in [1.29, 1.82) is 5.26 Å². The van der Waals surface area contributed by atoms with Gasteiger partial charge in [-0.1, -0.05) is 0 Å². The highest BCUT2D eigenvalue weighted by atomic mass is 32.2. The second-order valence-electron chi connectivity index (χ2n) is 3.88. The van der Waals surface area contributed by atoms with E-state index >= 15 is 0 Å². The van der Waals surface area contributed by atoms with E-state index in [0.29, 0.717) is 11.4 Å². The highest BCUT2D eigenvalue weighted by Gasteiger charge is 2.15. The first-order valence-electron chi connectivity index (χ1n) is 5.39. The van der Waals surface area contributed by atoms with Crippen molar-refractivity contribution in [3.05, 3.63) is 23.4 Å². The Morgan fingerprint density at radius 2 is 2.29 bits per heavy atom. The second kappa shape index (κ2) is 6.48. The fourth-order valence-electron chi connectivity index (χ4n) is 1.57. The fourth-order valence-corrected chi connectivity index (χ4v) is 2.20. The molecule has 2 atom stereocenters. The third-order valence-corrected chi connectivity index (χ3v) is 3.66. The molecule has 0 aliphatic carbocycles. The highest BCUT2D eigenvalue weighted by molar-refractivity contribution is 7.99. The monoisotopic (exact) mass is 251 g/mol. The van der Waals surface area contributed by atoms with E-state index in [1.165, 1.54) is 0 Å². The summed E-state index contributed by atoms with van der Waals surface area (Å²) in [5.74, 6) is 0.682. The number of aliphatic hydroxyl groups is 1. The van der Waals surface area contributed by atoms with Crippen LogP contribution in [0.1, 0.15) is 18.2 Å². The van der Waals surface area contributed by atoms with Gasteiger partial charge in [-0.15, -0.1) is 0 Å². The van der Waals surface area contributed by atoms with Crippen LogP contribution in [-0.4, -0.2) is 34.2 Å². The van der Waals surface area contributed by atoms with Crippen molar-refractivity contribution < 1.29 is 5.11 Å². The summed E-state index contributed by atoms with van der Waals surface area (Å²) in [6.45, 7) is 3.97. The molecule has 5 heteroatoms. The lowest BCUT2D eigenvalue weighted by Gasteiger charge is -2.22. The molecule has 4 nitrogen and oxygen atoms in total. The zero-order valence-electron chi connectivity index (χ0n) is 10.3. The van der Waals surface area contributed by atoms with Gasteiger partial charge in [-0.2, -0.15) is 17.0 Å². The van der Waals surface area contributed by atoms with Crippen LogP contribution >= 0.6 is 11.8 Å². The summed E-state index contributed by atoms with van der Waals surface area (Å²) in [5.41, 5.74) is 1.40. The number of nitrogens with zero attached hydrogens (tertiary/aromatic N) is 2. The molecular formula is C12H17N3OS. The number of aliphatic hydroxyl groups excluding tert-OH is 1. The minimum atomic E-state index is 0.0934. The smallest absolute Gasteiger partial charge is 0.127 e. The van der Waals surface area contributed by atoms with E-state index < -0.39 is 0 Å². The van der Waals surface area contributed by atoms with E-state index in [0.717, 1.165) is 5.69 Å². The van der Waals surface area contributed by atoms with E-state index in [1.54, 1.807) is 23.9 Å². The van der Waals surface area contributed by atoms with Crippen molar-refractivity contribution in [2.45, 2.75) is 25.1 Å². The van der Waals surface area contributed by atoms with Gasteiger partial charge in [-0.25, -0.2) is 4.98 Å². The molecule has 2 N–H and O–H groups in total. The van der Waals surface area contributed by atoms with Crippen LogP contribution in [0.2, 0.25) is 0 Å². The van der Waals surface area contributed by atoms with E-state index in [4.69, 9.17) is 5.26 Å². The molecule has 2 unspecified atom stereocenters. The maximum atomic E-state index is 9.20. The number of aromatic nitrogens is 1. The van der Waals surface area contributed by atoms with Crippen LogP contribution in [0, 0.1) is 18.3 Å². The van der Waals surface area contributed by atoms with Crippen LogP contribution < -0.4 is 5.32 Å². The summed E-state index contributed by atoms with van der Waals surface area (Å²) < 4.78 is 0. The Balaban J connectivity index is 2.81. The number of nitrogens with one attached hydrogen (secondary N) is 1. The predicted molar refractivity (Wildman–Crippen MR) is 71.2 cm³/mol. The molecule has 0 saturated carbocycles. The molecule has 0 aliphatic heterocycles. The van der Waals surface area contributed by atoms with Crippen LogP contribution in [-0.2, 0) is 0 Å². The molecule has 1 aromatic rings. The van der Waals surface area contributed by atoms with Crippen LogP contribution in [0.5, 0.6) is 0 Å². The summed E-state index contributed by atoms with van der Waals surface area (Å²) in [5, 5.41) is 21.4. The number of rotatable bonds is 5. The third kappa shape index (κ3) is 3.91. The number of thioether (sulfide) groups is 1. The summed E-state index contributed by atoms with van der Waals surface area (Å²) in [6.07, 6.45) is 1.96. The van der Waals surface area contributed by atoms with Gasteiger partial charge in [0.25, 0.3) is 0 Å². The number of hydrogen-bond donors (Lipinski definition) is 2. The SMILES string of the molecule is CSC(CO)C(C)Nc1cc(C#N)cc(C)n1. The first kappa shape index (κ1) is 13.8. The van der Waals surface area contributed by atoms with Crippen molar-refractivity contribution in [2.75, 3.05) is 18.2 Å². The van der Waals surface area contributed by atoms with Gasteiger partial charge >= 0.3 is 0 Å². The number of pyridine rings is 1. The van der Waals surface area contributed by atoms with Gasteiger partial charge in [0.05, 0.1) is 18.2 Å². The van der Waals surface area contributed by atoms with Gasteiger partial charge in [0, 0.05) is 17.0 Å². The fraction of sp³-hybridized carbons (Fsp3) is 0.500. The molecule has 0 spiro atoms. The van der Waals surface area contributed by atoms with Crippen LogP contribution in [0.4, 0.5) is 5.82 Å². The Hall–Kier alpha value is -1.25. The number of aryl methyl sites for hydroxylation is 1. The maximum absolute atomic E-state index is 9.20. The van der Waals surface area contributed by atoms with Crippen molar-refractivity contribution in [3.63, 3.8) is 0 Å². The van der Waals surface area contributed by atoms with Gasteiger partial charge in [-0.3, -0.25) is 0 Å². The quantitative estimate of drug-likeness (QED) is 0.835. The standard InChI is InChI=1S/C12H17N3OS/c1-8-4-10(6-13)5-12(14-8)15-9(2)11(7-16)17-3/h4-5,9,11,16H,7H2,1-3H3,(H,14,15). The van der Waals surface area contributed by atoms with Gasteiger partial charge in [0.1, 0.15) is 5.82 Å². The zero-order chi connectivity index (χ0) is 12.8. The molecule has 0 amide bonds. The molecule has 92 valence electrons. The lowest BCUT2D eigenvalue weighted by Crippen LogP contribution is -2.31. The second-order valence-corrected chi connectivity index (χ2v) is 4.96. The minimum Gasteiger partial charge on any atom is -0.395 e. The molecule has 0 saturated heterocycles. The molecule has 0 radical (unpaired) electrons. The van der Waals surface area contributed by atoms with Gasteiger partial charge in [0.2, 0.25) is 0 Å². The summed E-state index contributed by atoms with van der Waals surface area (Å²) in [7, 11) is 0. The molecule has 0 aliphatic rings. The van der Waals surface area contributed by atoms with E-state index in [2.05, 4.69) is 16.4 Å². The predicted octanol–water partition coefficient (Wildman–Crippen LogP) is 1.79. The number of hydrogen-bond acceptors (Lipinski definition) is 5. The normalized spacial score (nSPS) is 13.8. The summed E-state index contributed by atoms with van der Waals surface area (Å²) in [4.78, 5) is 4.32. The van der Waals surface area contributed by atoms with Gasteiger partial charge in [0.15, 0.2) is 0 Å². The maximum Gasteiger partial charge on any atom is 0.127 e. The average molecular weight is 251 g/mol. The van der Waals surface area contributed by atoms with Crippen molar-refractivity contribution >= 4 is 17.6 Å². The first-order valence-corrected chi connectivity index (χ1v) is 6.68. The zero-order valence-corrected chi connectivity index (χ0v) is 11.1. The van der Waals surface area contributed by atoms with E-state index in [9.17, 15) is 5.11 Å². The molecule has 0 aromatic carbocycles. The topological polar surface area (TPSA) is 68.9 Å². The number of nitriles is 1. The Labute approximate surface area is 106 Å². The van der Waals surface area contributed by atoms with Crippen LogP contribution in [0.3, 0.4) is 0 Å². The molecule has 1 heterocycles. The Morgan fingerprint density at radius 1 is 1.59 bits per heavy atom. The van der Waals surface area contributed by atoms with Crippen LogP contribution in [0.15, 0.2) is 12.1 Å². The van der Waals surface area contributed by atoms with Gasteiger partial charge in [-0.05, 0) is 32.2 Å². The van der Waals surface area contributed by atoms with Crippen LogP contribution in [0.25, 0.3) is 0 Å². The highest BCUT2D eigenvalue weighted by Crippen LogP contribution is 2.16. The molecule has 17 heavy (non-hydrogen) atoms. The van der Waals surface area contributed by atoms with Gasteiger partial charge < -0.3 is 10.4 Å². The number of anilines is 1. The molecule has 0 fully saturated rings. The third-order valence-electron chi connectivity index (χ3n) is 2.50. The van der Waals surface area contributed by atoms with E-state index in [1.807, 2.05) is 20.1 Å². The Bertz CT molecular complexity index is 413.